The zero-order valence-electron chi connectivity index (χ0n) is 29.8. The van der Waals surface area contributed by atoms with Gasteiger partial charge in [-0.2, -0.15) is 0 Å². The average Bonchev–Trinajstić information content (AvgIpc) is 3.06. The minimum atomic E-state index is -0.316. The molecule has 4 saturated carbocycles. The van der Waals surface area contributed by atoms with Crippen molar-refractivity contribution < 1.29 is 10.1 Å². The molecule has 5 fully saturated rings. The first-order chi connectivity index (χ1) is 23.6. The fourth-order valence-corrected chi connectivity index (χ4v) is 9.99. The third-order valence-corrected chi connectivity index (χ3v) is 11.9. The Morgan fingerprint density at radius 3 is 2.33 bits per heavy atom. The van der Waals surface area contributed by atoms with Crippen molar-refractivity contribution in [3.8, 4) is 11.1 Å². The van der Waals surface area contributed by atoms with E-state index in [9.17, 15) is 9.59 Å². The van der Waals surface area contributed by atoms with Crippen LogP contribution in [0.25, 0.3) is 11.1 Å². The average molecular weight is 665 g/mol. The molecule has 4 bridgehead atoms. The van der Waals surface area contributed by atoms with Crippen LogP contribution in [-0.4, -0.2) is 65.8 Å². The van der Waals surface area contributed by atoms with Crippen LogP contribution >= 0.6 is 0 Å². The number of benzene rings is 1. The number of hydrogen-bond acceptors (Lipinski definition) is 6. The van der Waals surface area contributed by atoms with Gasteiger partial charge in [-0.25, -0.2) is 4.98 Å². The molecule has 0 unspecified atom stereocenters. The number of H-pyrrole nitrogens is 1. The lowest BCUT2D eigenvalue weighted by Crippen LogP contribution is -2.83. The number of aromatic nitrogens is 2. The zero-order chi connectivity index (χ0) is 34.3. The first kappa shape index (κ1) is 33.7. The van der Waals surface area contributed by atoms with E-state index in [-0.39, 0.29) is 24.1 Å². The summed E-state index contributed by atoms with van der Waals surface area (Å²) in [5.41, 5.74) is 6.22. The standard InChI is InChI=1S/C40H53N7O2/c1-25(2)44-36-18-32(17-33(34(36)22-41)38(48)43-24-35-26(3)13-27(4)45-39(35)49)31-5-6-37(42-23-31)47-11-9-46(10-12-47)8-7-40-19-28-14-29(20-40)16-30(15-28)21-40/h5-6,13,17-18,22-23,25,28-30,41,44H,7-12,14-16,19-21,24H2,1-4H3,(H,43,48)(H,45,49)/p+1. The third-order valence-electron chi connectivity index (χ3n) is 11.9. The van der Waals surface area contributed by atoms with Gasteiger partial charge in [-0.15, -0.1) is 0 Å². The lowest BCUT2D eigenvalue weighted by atomic mass is 9.49. The monoisotopic (exact) mass is 664 g/mol. The summed E-state index contributed by atoms with van der Waals surface area (Å²) in [5, 5.41) is 13.2. The molecule has 0 radical (unpaired) electrons. The molecule has 0 atom stereocenters. The molecule has 4 aliphatic carbocycles. The minimum Gasteiger partial charge on any atom is -0.354 e. The predicted octanol–water partition coefficient (Wildman–Crippen LogP) is 5.31. The Kier molecular flexibility index (Phi) is 9.50. The highest BCUT2D eigenvalue weighted by Gasteiger charge is 2.50. The van der Waals surface area contributed by atoms with Gasteiger partial charge in [0.1, 0.15) is 11.5 Å². The van der Waals surface area contributed by atoms with E-state index in [2.05, 4.69) is 51.4 Å². The maximum atomic E-state index is 13.6. The highest BCUT2D eigenvalue weighted by atomic mass is 16.1. The summed E-state index contributed by atoms with van der Waals surface area (Å²) in [6.07, 6.45) is 13.6. The molecule has 49 heavy (non-hydrogen) atoms. The van der Waals surface area contributed by atoms with Gasteiger partial charge >= 0.3 is 0 Å². The van der Waals surface area contributed by atoms with Crippen LogP contribution in [-0.2, 0) is 6.54 Å². The van der Waals surface area contributed by atoms with Gasteiger partial charge in [-0.05, 0) is 138 Å². The van der Waals surface area contributed by atoms with Gasteiger partial charge in [0.15, 0.2) is 0 Å². The van der Waals surface area contributed by atoms with Gasteiger partial charge in [0.25, 0.3) is 11.5 Å². The number of amides is 1. The first-order valence-electron chi connectivity index (χ1n) is 18.5. The van der Waals surface area contributed by atoms with E-state index in [1.54, 1.807) is 0 Å². The van der Waals surface area contributed by atoms with Gasteiger partial charge in [-0.3, -0.25) is 14.5 Å². The fraction of sp³-hybridized carbons (Fsp3) is 0.550. The quantitative estimate of drug-likeness (QED) is 0.164. The highest BCUT2D eigenvalue weighted by Crippen LogP contribution is 2.61. The molecule has 8 rings (SSSR count). The summed E-state index contributed by atoms with van der Waals surface area (Å²) in [6, 6.07) is 10.2. The van der Waals surface area contributed by atoms with Crippen LogP contribution < -0.4 is 21.1 Å². The van der Waals surface area contributed by atoms with E-state index in [0.717, 1.165) is 77.8 Å². The zero-order valence-corrected chi connectivity index (χ0v) is 29.8. The van der Waals surface area contributed by atoms with Gasteiger partial charge in [0.05, 0.1) is 17.2 Å². The van der Waals surface area contributed by atoms with Gasteiger partial charge in [0, 0.05) is 68.0 Å². The van der Waals surface area contributed by atoms with Crippen molar-refractivity contribution >= 4 is 23.6 Å². The molecule has 5 N–H and O–H groups in total. The summed E-state index contributed by atoms with van der Waals surface area (Å²) in [6.45, 7) is 13.4. The number of nitrogens with one attached hydrogen (secondary N) is 3. The van der Waals surface area contributed by atoms with E-state index in [1.807, 2.05) is 38.2 Å². The van der Waals surface area contributed by atoms with Gasteiger partial charge < -0.3 is 25.9 Å². The maximum absolute atomic E-state index is 13.6. The second kappa shape index (κ2) is 13.8. The summed E-state index contributed by atoms with van der Waals surface area (Å²) in [5.74, 6) is 3.75. The number of nitrogens with two attached hydrogens (primary N) is 1. The number of pyridine rings is 2. The van der Waals surface area contributed by atoms with Crippen molar-refractivity contribution in [3.05, 3.63) is 74.8 Å². The lowest BCUT2D eigenvalue weighted by molar-refractivity contribution is -0.603. The number of aryl methyl sites for hydroxylation is 2. The summed E-state index contributed by atoms with van der Waals surface area (Å²) < 4.78 is 0. The molecule has 2 aromatic heterocycles. The third kappa shape index (κ3) is 7.24. The van der Waals surface area contributed by atoms with Crippen molar-refractivity contribution in [1.82, 2.24) is 20.2 Å². The second-order valence-corrected chi connectivity index (χ2v) is 16.1. The first-order valence-corrected chi connectivity index (χ1v) is 18.5. The van der Waals surface area contributed by atoms with Gasteiger partial charge in [-0.1, -0.05) is 0 Å². The van der Waals surface area contributed by atoms with Crippen molar-refractivity contribution in [2.45, 2.75) is 85.2 Å². The smallest absolute Gasteiger partial charge is 0.253 e. The molecule has 1 amide bonds. The van der Waals surface area contributed by atoms with E-state index in [0.29, 0.717) is 22.1 Å². The van der Waals surface area contributed by atoms with Crippen LogP contribution in [0, 0.1) is 42.4 Å². The van der Waals surface area contributed by atoms with E-state index in [4.69, 9.17) is 10.4 Å². The number of aromatic amines is 1. The van der Waals surface area contributed by atoms with E-state index >= 15 is 0 Å². The van der Waals surface area contributed by atoms with Crippen molar-refractivity contribution in [3.63, 3.8) is 0 Å². The number of carbonyl (C=O) groups excluding carboxylic acids is 1. The molecular weight excluding hydrogens is 610 g/mol. The molecule has 3 heterocycles. The number of anilines is 1. The van der Waals surface area contributed by atoms with Crippen LogP contribution in [0.1, 0.15) is 91.5 Å². The second-order valence-electron chi connectivity index (χ2n) is 16.1. The van der Waals surface area contributed by atoms with Crippen LogP contribution in [0.15, 0.2) is 41.3 Å². The molecule has 1 aromatic carbocycles. The topological polar surface area (TPSA) is 122 Å². The number of rotatable bonds is 11. The highest BCUT2D eigenvalue weighted by molar-refractivity contribution is 6.05. The number of nitrogens with zero attached hydrogens (tertiary/aromatic N) is 3. The summed E-state index contributed by atoms with van der Waals surface area (Å²) in [4.78, 5) is 39.0. The normalized spacial score (nSPS) is 24.8. The Bertz CT molecular complexity index is 1720. The Morgan fingerprint density at radius 2 is 1.73 bits per heavy atom. The predicted molar refractivity (Wildman–Crippen MR) is 196 cm³/mol. The van der Waals surface area contributed by atoms with E-state index in [1.165, 1.54) is 57.7 Å². The molecule has 9 heteroatoms. The summed E-state index contributed by atoms with van der Waals surface area (Å²) >= 11 is 0. The van der Waals surface area contributed by atoms with Crippen LogP contribution in [0.4, 0.5) is 11.5 Å². The SMILES string of the molecule is Cc1cc(C)c(CNC(=O)c2cc(-c3ccc(N4CCN(CCC56CC7CC(CC(C7)C5)C6)CC4)nc3)cc([NH2+]C(C)C)c2C=N)c(=O)[nH]1. The molecular formula is C40H54N7O2+. The number of piperazine rings is 1. The van der Waals surface area contributed by atoms with Crippen LogP contribution in [0.5, 0.6) is 0 Å². The molecule has 1 aliphatic heterocycles. The fourth-order valence-electron chi connectivity index (χ4n) is 9.99. The molecule has 0 spiro atoms. The number of quaternary nitrogens is 1. The number of carbonyl (C=O) groups is 1. The Morgan fingerprint density at radius 1 is 1.04 bits per heavy atom. The van der Waals surface area contributed by atoms with Crippen LogP contribution in [0.3, 0.4) is 0 Å². The molecule has 5 aliphatic rings. The molecule has 9 nitrogen and oxygen atoms in total. The van der Waals surface area contributed by atoms with Crippen molar-refractivity contribution in [2.75, 3.05) is 37.6 Å². The number of hydrogen-bond donors (Lipinski definition) is 4. The van der Waals surface area contributed by atoms with Crippen molar-refractivity contribution in [2.24, 2.45) is 23.2 Å². The Hall–Kier alpha value is -3.82. The molecule has 3 aromatic rings. The largest absolute Gasteiger partial charge is 0.354 e. The van der Waals surface area contributed by atoms with Gasteiger partial charge in [0.2, 0.25) is 0 Å². The molecule has 260 valence electrons. The Labute approximate surface area is 290 Å². The Balaban J connectivity index is 1.02. The van der Waals surface area contributed by atoms with Crippen molar-refractivity contribution in [1.29, 1.82) is 5.41 Å². The summed E-state index contributed by atoms with van der Waals surface area (Å²) in [7, 11) is 0. The van der Waals surface area contributed by atoms with E-state index < -0.39 is 0 Å². The lowest BCUT2D eigenvalue weighted by Gasteiger charge is -2.57. The van der Waals surface area contributed by atoms with Crippen LogP contribution in [0.2, 0.25) is 0 Å². The molecule has 1 saturated heterocycles. The maximum Gasteiger partial charge on any atom is 0.253 e. The minimum absolute atomic E-state index is 0.108.